The van der Waals surface area contributed by atoms with Crippen molar-refractivity contribution in [1.82, 2.24) is 13.5 Å². The van der Waals surface area contributed by atoms with Gasteiger partial charge in [-0.1, -0.05) is 19.3 Å². The smallest absolute Gasteiger partial charge is 0.282 e. The number of aliphatic hydroxyl groups is 1. The molecule has 2 aliphatic rings. The Kier molecular flexibility index (Phi) is 6.43. The molecule has 1 heterocycles. The van der Waals surface area contributed by atoms with Crippen molar-refractivity contribution in [2.45, 2.75) is 44.6 Å². The van der Waals surface area contributed by atoms with Crippen LogP contribution in [0.3, 0.4) is 0 Å². The standard InChI is InChI=1S/C14H29N3O3S/c1-15(14-6-3-2-4-7-14)21(19,20)17-9-5-8-16(10-11-17)12-13-18/h14,18H,2-13H2,1H3. The van der Waals surface area contributed by atoms with Gasteiger partial charge in [-0.05, 0) is 25.8 Å². The van der Waals surface area contributed by atoms with Crippen molar-refractivity contribution in [3.8, 4) is 0 Å². The highest BCUT2D eigenvalue weighted by Gasteiger charge is 2.33. The van der Waals surface area contributed by atoms with Gasteiger partial charge in [0.05, 0.1) is 6.61 Å². The fourth-order valence-electron chi connectivity index (χ4n) is 3.36. The lowest BCUT2D eigenvalue weighted by molar-refractivity contribution is 0.201. The van der Waals surface area contributed by atoms with E-state index < -0.39 is 10.2 Å². The van der Waals surface area contributed by atoms with E-state index in [0.29, 0.717) is 26.2 Å². The molecule has 2 fully saturated rings. The summed E-state index contributed by atoms with van der Waals surface area (Å²) in [5, 5.41) is 9.01. The minimum Gasteiger partial charge on any atom is -0.395 e. The third-order valence-electron chi connectivity index (χ3n) is 4.74. The van der Waals surface area contributed by atoms with Crippen LogP contribution in [0.2, 0.25) is 0 Å². The van der Waals surface area contributed by atoms with Gasteiger partial charge < -0.3 is 5.11 Å². The molecule has 1 saturated heterocycles. The van der Waals surface area contributed by atoms with E-state index in [2.05, 4.69) is 4.90 Å². The lowest BCUT2D eigenvalue weighted by atomic mass is 9.96. The summed E-state index contributed by atoms with van der Waals surface area (Å²) in [6.45, 7) is 3.44. The Morgan fingerprint density at radius 2 is 1.76 bits per heavy atom. The maximum absolute atomic E-state index is 12.8. The SMILES string of the molecule is CN(C1CCCCC1)S(=O)(=O)N1CCCN(CCO)CC1. The van der Waals surface area contributed by atoms with Crippen LogP contribution in [-0.4, -0.2) is 79.5 Å². The number of hydrogen-bond donors (Lipinski definition) is 1. The minimum atomic E-state index is -3.35. The number of aliphatic hydroxyl groups excluding tert-OH is 1. The summed E-state index contributed by atoms with van der Waals surface area (Å²) in [4.78, 5) is 2.14. The first-order chi connectivity index (χ1) is 10.1. The molecule has 1 aliphatic carbocycles. The third kappa shape index (κ3) is 4.39. The average molecular weight is 319 g/mol. The van der Waals surface area contributed by atoms with E-state index in [9.17, 15) is 8.42 Å². The molecule has 0 radical (unpaired) electrons. The van der Waals surface area contributed by atoms with Gasteiger partial charge in [-0.25, -0.2) is 0 Å². The van der Waals surface area contributed by atoms with Crippen molar-refractivity contribution >= 4 is 10.2 Å². The molecule has 0 atom stereocenters. The van der Waals surface area contributed by atoms with Crippen LogP contribution < -0.4 is 0 Å². The van der Waals surface area contributed by atoms with Crippen LogP contribution in [0.1, 0.15) is 38.5 Å². The molecule has 6 nitrogen and oxygen atoms in total. The molecule has 1 N–H and O–H groups in total. The predicted molar refractivity (Wildman–Crippen MR) is 83.3 cm³/mol. The second-order valence-corrected chi connectivity index (χ2v) is 8.12. The van der Waals surface area contributed by atoms with Crippen molar-refractivity contribution in [3.63, 3.8) is 0 Å². The first kappa shape index (κ1) is 17.1. The molecule has 7 heteroatoms. The fraction of sp³-hybridized carbons (Fsp3) is 1.00. The fourth-order valence-corrected chi connectivity index (χ4v) is 4.98. The maximum atomic E-state index is 12.8. The molecule has 2 rings (SSSR count). The van der Waals surface area contributed by atoms with E-state index in [4.69, 9.17) is 5.11 Å². The van der Waals surface area contributed by atoms with Gasteiger partial charge in [-0.2, -0.15) is 17.0 Å². The molecule has 0 aromatic heterocycles. The van der Waals surface area contributed by atoms with Crippen LogP contribution in [0.25, 0.3) is 0 Å². The van der Waals surface area contributed by atoms with Gasteiger partial charge in [0.25, 0.3) is 10.2 Å². The molecule has 21 heavy (non-hydrogen) atoms. The predicted octanol–water partition coefficient (Wildman–Crippen LogP) is 0.496. The Morgan fingerprint density at radius 3 is 2.43 bits per heavy atom. The maximum Gasteiger partial charge on any atom is 0.282 e. The van der Waals surface area contributed by atoms with Crippen LogP contribution in [0.5, 0.6) is 0 Å². The monoisotopic (exact) mass is 319 g/mol. The van der Waals surface area contributed by atoms with Gasteiger partial charge in [0, 0.05) is 39.3 Å². The molecule has 0 unspecified atom stereocenters. The van der Waals surface area contributed by atoms with Crippen molar-refractivity contribution < 1.29 is 13.5 Å². The zero-order valence-corrected chi connectivity index (χ0v) is 13.9. The van der Waals surface area contributed by atoms with E-state index in [1.807, 2.05) is 0 Å². The molecule has 0 bridgehead atoms. The molecule has 0 aromatic carbocycles. The van der Waals surface area contributed by atoms with E-state index in [1.54, 1.807) is 15.7 Å². The Morgan fingerprint density at radius 1 is 1.05 bits per heavy atom. The molecule has 124 valence electrons. The van der Waals surface area contributed by atoms with Crippen molar-refractivity contribution in [2.24, 2.45) is 0 Å². The molecular formula is C14H29N3O3S. The lowest BCUT2D eigenvalue weighted by Gasteiger charge is -2.34. The zero-order valence-electron chi connectivity index (χ0n) is 13.1. The largest absolute Gasteiger partial charge is 0.395 e. The highest BCUT2D eigenvalue weighted by molar-refractivity contribution is 7.86. The van der Waals surface area contributed by atoms with Crippen LogP contribution in [0.4, 0.5) is 0 Å². The molecule has 0 amide bonds. The van der Waals surface area contributed by atoms with Crippen LogP contribution in [-0.2, 0) is 10.2 Å². The molecule has 1 saturated carbocycles. The van der Waals surface area contributed by atoms with Crippen molar-refractivity contribution in [1.29, 1.82) is 0 Å². The Bertz CT molecular complexity index is 410. The molecule has 1 aliphatic heterocycles. The zero-order chi connectivity index (χ0) is 15.3. The van der Waals surface area contributed by atoms with Gasteiger partial charge in [-0.15, -0.1) is 0 Å². The topological polar surface area (TPSA) is 64.1 Å². The highest BCUT2D eigenvalue weighted by Crippen LogP contribution is 2.25. The highest BCUT2D eigenvalue weighted by atomic mass is 32.2. The molecular weight excluding hydrogens is 290 g/mol. The number of nitrogens with zero attached hydrogens (tertiary/aromatic N) is 3. The summed E-state index contributed by atoms with van der Waals surface area (Å²) in [6.07, 6.45) is 6.30. The lowest BCUT2D eigenvalue weighted by Crippen LogP contribution is -2.48. The van der Waals surface area contributed by atoms with Gasteiger partial charge >= 0.3 is 0 Å². The first-order valence-corrected chi connectivity index (χ1v) is 9.51. The molecule has 0 aromatic rings. The van der Waals surface area contributed by atoms with Crippen molar-refractivity contribution in [2.75, 3.05) is 46.4 Å². The number of hydrogen-bond acceptors (Lipinski definition) is 4. The normalized spacial score (nSPS) is 24.3. The van der Waals surface area contributed by atoms with E-state index in [0.717, 1.165) is 38.6 Å². The second-order valence-electron chi connectivity index (χ2n) is 6.13. The summed E-state index contributed by atoms with van der Waals surface area (Å²) in [7, 11) is -1.61. The first-order valence-electron chi connectivity index (χ1n) is 8.12. The summed E-state index contributed by atoms with van der Waals surface area (Å²) in [5.41, 5.74) is 0. The number of rotatable bonds is 5. The Labute approximate surface area is 128 Å². The minimum absolute atomic E-state index is 0.134. The van der Waals surface area contributed by atoms with E-state index >= 15 is 0 Å². The summed E-state index contributed by atoms with van der Waals surface area (Å²) >= 11 is 0. The second kappa shape index (κ2) is 7.87. The summed E-state index contributed by atoms with van der Waals surface area (Å²) in [6, 6.07) is 0.167. The van der Waals surface area contributed by atoms with E-state index in [1.165, 1.54) is 6.42 Å². The van der Waals surface area contributed by atoms with Gasteiger partial charge in [0.1, 0.15) is 0 Å². The number of β-amino-alcohol motifs (C(OH)–C–C–N with tert-alkyl or cyclic N) is 1. The molecule has 0 spiro atoms. The van der Waals surface area contributed by atoms with E-state index in [-0.39, 0.29) is 12.6 Å². The Hall–Kier alpha value is -0.210. The summed E-state index contributed by atoms with van der Waals surface area (Å²) < 4.78 is 28.8. The van der Waals surface area contributed by atoms with Gasteiger partial charge in [-0.3, -0.25) is 4.90 Å². The van der Waals surface area contributed by atoms with Crippen molar-refractivity contribution in [3.05, 3.63) is 0 Å². The third-order valence-corrected chi connectivity index (χ3v) is 6.79. The average Bonchev–Trinajstić information content (AvgIpc) is 2.74. The van der Waals surface area contributed by atoms with Crippen LogP contribution >= 0.6 is 0 Å². The summed E-state index contributed by atoms with van der Waals surface area (Å²) in [5.74, 6) is 0. The Balaban J connectivity index is 1.97. The van der Waals surface area contributed by atoms with Gasteiger partial charge in [0.15, 0.2) is 0 Å². The van der Waals surface area contributed by atoms with Crippen LogP contribution in [0.15, 0.2) is 0 Å². The quantitative estimate of drug-likeness (QED) is 0.801. The van der Waals surface area contributed by atoms with Crippen LogP contribution in [0, 0.1) is 0 Å². The van der Waals surface area contributed by atoms with Gasteiger partial charge in [0.2, 0.25) is 0 Å².